The minimum Gasteiger partial charge on any atom is -0.468 e. The highest BCUT2D eigenvalue weighted by Crippen LogP contribution is 2.22. The molecule has 3 aromatic rings. The van der Waals surface area contributed by atoms with Crippen LogP contribution in [0, 0.1) is 6.92 Å². The summed E-state index contributed by atoms with van der Waals surface area (Å²) in [5, 5.41) is 0. The lowest BCUT2D eigenvalue weighted by atomic mass is 10.1. The van der Waals surface area contributed by atoms with Crippen LogP contribution in [-0.2, 0) is 20.9 Å². The fraction of sp³-hybridized carbons (Fsp3) is 0.190. The standard InChI is InChI=1S/C21H17N3O5S/c1-12-7-8-15-16(9-12)30-21(23(15)11-18(26)29-2)22-17(25)10-24-19(27)13-5-3-4-6-14(13)20(24)28/h3-9H,10-11H2,1-2H3. The van der Waals surface area contributed by atoms with Gasteiger partial charge < -0.3 is 9.30 Å². The number of aryl methyl sites for hydroxylation is 1. The van der Waals surface area contributed by atoms with Gasteiger partial charge in [-0.3, -0.25) is 24.1 Å². The second-order valence-corrected chi connectivity index (χ2v) is 7.77. The molecule has 9 heteroatoms. The maximum atomic E-state index is 12.6. The minimum absolute atomic E-state index is 0.112. The molecule has 0 atom stereocenters. The first-order valence-corrected chi connectivity index (χ1v) is 9.90. The zero-order valence-corrected chi connectivity index (χ0v) is 17.1. The van der Waals surface area contributed by atoms with E-state index in [9.17, 15) is 19.2 Å². The summed E-state index contributed by atoms with van der Waals surface area (Å²) in [6.07, 6.45) is 0. The van der Waals surface area contributed by atoms with E-state index in [2.05, 4.69) is 4.99 Å². The third-order valence-corrected chi connectivity index (χ3v) is 5.79. The maximum absolute atomic E-state index is 12.6. The third kappa shape index (κ3) is 3.43. The predicted molar refractivity (Wildman–Crippen MR) is 109 cm³/mol. The van der Waals surface area contributed by atoms with Crippen molar-refractivity contribution in [2.45, 2.75) is 13.5 Å². The number of imide groups is 1. The van der Waals surface area contributed by atoms with Crippen molar-refractivity contribution in [1.82, 2.24) is 9.47 Å². The molecule has 0 radical (unpaired) electrons. The molecule has 4 rings (SSSR count). The van der Waals surface area contributed by atoms with E-state index in [0.717, 1.165) is 20.7 Å². The number of thiazole rings is 1. The molecule has 1 aliphatic heterocycles. The van der Waals surface area contributed by atoms with Gasteiger partial charge in [-0.25, -0.2) is 0 Å². The first-order valence-electron chi connectivity index (χ1n) is 9.08. The number of aromatic nitrogens is 1. The van der Waals surface area contributed by atoms with Crippen molar-refractivity contribution in [3.8, 4) is 0 Å². The average Bonchev–Trinajstić information content (AvgIpc) is 3.17. The van der Waals surface area contributed by atoms with Gasteiger partial charge >= 0.3 is 5.97 Å². The molecule has 2 aromatic carbocycles. The molecule has 152 valence electrons. The normalized spacial score (nSPS) is 13.8. The predicted octanol–water partition coefficient (Wildman–Crippen LogP) is 1.91. The second-order valence-electron chi connectivity index (χ2n) is 6.77. The first kappa shape index (κ1) is 19.7. The highest BCUT2D eigenvalue weighted by Gasteiger charge is 2.36. The number of fused-ring (bicyclic) bond motifs is 2. The molecule has 8 nitrogen and oxygen atoms in total. The topological polar surface area (TPSA) is 98.0 Å². The molecule has 0 aliphatic carbocycles. The Balaban J connectivity index is 1.68. The van der Waals surface area contributed by atoms with E-state index in [4.69, 9.17) is 4.74 Å². The Bertz CT molecular complexity index is 1250. The number of carbonyl (C=O) groups is 4. The molecule has 3 amide bonds. The molecule has 0 N–H and O–H groups in total. The van der Waals surface area contributed by atoms with Gasteiger partial charge in [0.05, 0.1) is 28.5 Å². The van der Waals surface area contributed by atoms with E-state index in [0.29, 0.717) is 4.80 Å². The van der Waals surface area contributed by atoms with E-state index in [1.165, 1.54) is 18.4 Å². The van der Waals surface area contributed by atoms with Gasteiger partial charge in [0, 0.05) is 0 Å². The van der Waals surface area contributed by atoms with Gasteiger partial charge in [0.25, 0.3) is 17.7 Å². The van der Waals surface area contributed by atoms with Crippen LogP contribution in [0.1, 0.15) is 26.3 Å². The fourth-order valence-electron chi connectivity index (χ4n) is 3.27. The van der Waals surface area contributed by atoms with Crippen LogP contribution in [0.2, 0.25) is 0 Å². The highest BCUT2D eigenvalue weighted by atomic mass is 32.1. The van der Waals surface area contributed by atoms with Crippen molar-refractivity contribution in [1.29, 1.82) is 0 Å². The maximum Gasteiger partial charge on any atom is 0.325 e. The van der Waals surface area contributed by atoms with Crippen molar-refractivity contribution in [2.24, 2.45) is 4.99 Å². The van der Waals surface area contributed by atoms with Gasteiger partial charge in [0.2, 0.25) is 0 Å². The summed E-state index contributed by atoms with van der Waals surface area (Å²) in [4.78, 5) is 54.7. The van der Waals surface area contributed by atoms with Crippen LogP contribution < -0.4 is 4.80 Å². The Morgan fingerprint density at radius 1 is 1.03 bits per heavy atom. The molecule has 30 heavy (non-hydrogen) atoms. The fourth-order valence-corrected chi connectivity index (χ4v) is 4.42. The molecule has 0 saturated heterocycles. The summed E-state index contributed by atoms with van der Waals surface area (Å²) in [6, 6.07) is 12.1. The number of rotatable bonds is 4. The summed E-state index contributed by atoms with van der Waals surface area (Å²) in [5.41, 5.74) is 2.31. The highest BCUT2D eigenvalue weighted by molar-refractivity contribution is 7.16. The Kier molecular flexibility index (Phi) is 5.04. The Morgan fingerprint density at radius 3 is 2.33 bits per heavy atom. The molecule has 0 spiro atoms. The van der Waals surface area contributed by atoms with Crippen LogP contribution in [0.5, 0.6) is 0 Å². The third-order valence-electron chi connectivity index (χ3n) is 4.75. The number of carbonyl (C=O) groups excluding carboxylic acids is 4. The zero-order valence-electron chi connectivity index (χ0n) is 16.2. The summed E-state index contributed by atoms with van der Waals surface area (Å²) < 4.78 is 7.19. The van der Waals surface area contributed by atoms with E-state index in [1.54, 1.807) is 28.8 Å². The molecule has 0 saturated carbocycles. The smallest absolute Gasteiger partial charge is 0.325 e. The summed E-state index contributed by atoms with van der Waals surface area (Å²) in [7, 11) is 1.28. The average molecular weight is 423 g/mol. The van der Waals surface area contributed by atoms with Crippen LogP contribution in [0.15, 0.2) is 47.5 Å². The van der Waals surface area contributed by atoms with Crippen molar-refractivity contribution < 1.29 is 23.9 Å². The van der Waals surface area contributed by atoms with Crippen molar-refractivity contribution in [2.75, 3.05) is 13.7 Å². The number of methoxy groups -OCH3 is 1. The summed E-state index contributed by atoms with van der Waals surface area (Å²) >= 11 is 1.25. The molecule has 0 bridgehead atoms. The minimum atomic E-state index is -0.661. The van der Waals surface area contributed by atoms with Gasteiger partial charge in [0.1, 0.15) is 13.1 Å². The Labute approximate surface area is 175 Å². The lowest BCUT2D eigenvalue weighted by Gasteiger charge is -2.10. The van der Waals surface area contributed by atoms with E-state index >= 15 is 0 Å². The molecular weight excluding hydrogens is 406 g/mol. The molecule has 0 fully saturated rings. The van der Waals surface area contributed by atoms with Gasteiger partial charge in [0.15, 0.2) is 4.80 Å². The van der Waals surface area contributed by atoms with Crippen LogP contribution in [0.25, 0.3) is 10.2 Å². The molecule has 1 aliphatic rings. The molecule has 2 heterocycles. The second kappa shape index (κ2) is 7.68. The van der Waals surface area contributed by atoms with Crippen LogP contribution in [0.3, 0.4) is 0 Å². The van der Waals surface area contributed by atoms with E-state index < -0.39 is 30.2 Å². The quantitative estimate of drug-likeness (QED) is 0.472. The van der Waals surface area contributed by atoms with Crippen molar-refractivity contribution >= 4 is 45.2 Å². The Hall–Kier alpha value is -3.59. The van der Waals surface area contributed by atoms with Gasteiger partial charge in [-0.2, -0.15) is 4.99 Å². The first-order chi connectivity index (χ1) is 14.4. The molecule has 0 unspecified atom stereocenters. The van der Waals surface area contributed by atoms with E-state index in [1.807, 2.05) is 25.1 Å². The van der Waals surface area contributed by atoms with Crippen molar-refractivity contribution in [3.63, 3.8) is 0 Å². The number of nitrogens with zero attached hydrogens (tertiary/aromatic N) is 3. The van der Waals surface area contributed by atoms with Crippen LogP contribution >= 0.6 is 11.3 Å². The van der Waals surface area contributed by atoms with Crippen molar-refractivity contribution in [3.05, 3.63) is 64.0 Å². The summed E-state index contributed by atoms with van der Waals surface area (Å²) in [6.45, 7) is 1.35. The zero-order chi connectivity index (χ0) is 21.4. The SMILES string of the molecule is COC(=O)Cn1c(=NC(=O)CN2C(=O)c3ccccc3C2=O)sc2cc(C)ccc21. The number of hydrogen-bond donors (Lipinski definition) is 0. The van der Waals surface area contributed by atoms with E-state index in [-0.39, 0.29) is 17.7 Å². The number of esters is 1. The number of hydrogen-bond acceptors (Lipinski definition) is 6. The van der Waals surface area contributed by atoms with Crippen LogP contribution in [-0.4, -0.2) is 46.8 Å². The van der Waals surface area contributed by atoms with Gasteiger partial charge in [-0.15, -0.1) is 0 Å². The molecular formula is C21H17N3O5S. The van der Waals surface area contributed by atoms with Crippen LogP contribution in [0.4, 0.5) is 0 Å². The van der Waals surface area contributed by atoms with Gasteiger partial charge in [-0.05, 0) is 36.8 Å². The molecule has 1 aromatic heterocycles. The number of amides is 3. The largest absolute Gasteiger partial charge is 0.468 e. The van der Waals surface area contributed by atoms with Gasteiger partial charge in [-0.1, -0.05) is 29.5 Å². The lowest BCUT2D eigenvalue weighted by molar-refractivity contribution is -0.141. The summed E-state index contributed by atoms with van der Waals surface area (Å²) in [5.74, 6) is -2.18. The lowest BCUT2D eigenvalue weighted by Crippen LogP contribution is -2.35. The monoisotopic (exact) mass is 423 g/mol. The number of ether oxygens (including phenoxy) is 1. The number of benzene rings is 2. The Morgan fingerprint density at radius 2 is 1.70 bits per heavy atom.